The lowest BCUT2D eigenvalue weighted by atomic mass is 10.1. The topological polar surface area (TPSA) is 91.2 Å². The molecule has 1 aromatic carbocycles. The second-order valence-electron chi connectivity index (χ2n) is 6.93. The first-order valence-corrected chi connectivity index (χ1v) is 9.67. The normalized spacial score (nSPS) is 11.4. The van der Waals surface area contributed by atoms with E-state index in [9.17, 15) is 18.0 Å². The van der Waals surface area contributed by atoms with Gasteiger partial charge in [-0.2, -0.15) is 18.2 Å². The molecule has 11 heteroatoms. The van der Waals surface area contributed by atoms with Gasteiger partial charge in [-0.25, -0.2) is 9.97 Å². The summed E-state index contributed by atoms with van der Waals surface area (Å²) in [5, 5.41) is 2.60. The Hall–Kier alpha value is -4.15. The molecule has 33 heavy (non-hydrogen) atoms. The number of aromatic nitrogens is 4. The summed E-state index contributed by atoms with van der Waals surface area (Å²) in [6, 6.07) is 11.5. The van der Waals surface area contributed by atoms with Gasteiger partial charge in [0, 0.05) is 35.0 Å². The first kappa shape index (κ1) is 22.1. The quantitative estimate of drug-likeness (QED) is 0.471. The molecule has 0 saturated carbocycles. The highest BCUT2D eigenvalue weighted by Gasteiger charge is 2.27. The van der Waals surface area contributed by atoms with Gasteiger partial charge in [-0.1, -0.05) is 0 Å². The van der Waals surface area contributed by atoms with Crippen molar-refractivity contribution in [2.45, 2.75) is 6.18 Å². The number of anilines is 1. The van der Waals surface area contributed by atoms with Crippen molar-refractivity contribution in [3.05, 3.63) is 65.2 Å². The molecule has 8 nitrogen and oxygen atoms in total. The zero-order valence-electron chi connectivity index (χ0n) is 17.6. The second kappa shape index (κ2) is 8.77. The van der Waals surface area contributed by atoms with Gasteiger partial charge in [-0.05, 0) is 36.4 Å². The van der Waals surface area contributed by atoms with Gasteiger partial charge in [0.15, 0.2) is 5.65 Å². The maximum absolute atomic E-state index is 13.5. The maximum atomic E-state index is 13.5. The Morgan fingerprint density at radius 1 is 1.00 bits per heavy atom. The number of benzene rings is 1. The minimum atomic E-state index is -4.45. The van der Waals surface area contributed by atoms with E-state index in [2.05, 4.69) is 20.3 Å². The molecule has 0 radical (unpaired) electrons. The van der Waals surface area contributed by atoms with Crippen LogP contribution < -0.4 is 20.3 Å². The number of fused-ring (bicyclic) bond motifs is 1. The van der Waals surface area contributed by atoms with Gasteiger partial charge >= 0.3 is 6.18 Å². The summed E-state index contributed by atoms with van der Waals surface area (Å²) in [5.41, 5.74) is 1.02. The fourth-order valence-corrected chi connectivity index (χ4v) is 3.20. The van der Waals surface area contributed by atoms with E-state index in [-0.39, 0.29) is 11.6 Å². The van der Waals surface area contributed by atoms with Gasteiger partial charge in [0.25, 0.3) is 5.56 Å². The summed E-state index contributed by atoms with van der Waals surface area (Å²) >= 11 is 0. The molecule has 0 atom stereocenters. The standard InChI is InChI=1S/C22H18F3N5O3/c1-32-16-6-4-15(5-7-16)30-19-14(11-27-21(29-19)28-12-22(23,24)25)9-17(20(30)31)13-3-8-18(33-2)26-10-13/h3-11H,12H2,1-2H3,(H,27,28,29). The Morgan fingerprint density at radius 2 is 1.76 bits per heavy atom. The van der Waals surface area contributed by atoms with Crippen molar-refractivity contribution >= 4 is 17.0 Å². The predicted molar refractivity (Wildman–Crippen MR) is 116 cm³/mol. The van der Waals surface area contributed by atoms with E-state index in [4.69, 9.17) is 9.47 Å². The van der Waals surface area contributed by atoms with Gasteiger partial charge in [-0.3, -0.25) is 9.36 Å². The van der Waals surface area contributed by atoms with Crippen LogP contribution in [0.5, 0.6) is 11.6 Å². The molecule has 0 spiro atoms. The van der Waals surface area contributed by atoms with Crippen molar-refractivity contribution in [2.75, 3.05) is 26.1 Å². The Morgan fingerprint density at radius 3 is 2.36 bits per heavy atom. The van der Waals surface area contributed by atoms with Crippen molar-refractivity contribution in [3.8, 4) is 28.4 Å². The third kappa shape index (κ3) is 4.71. The number of nitrogens with zero attached hydrogens (tertiary/aromatic N) is 4. The largest absolute Gasteiger partial charge is 0.497 e. The zero-order valence-corrected chi connectivity index (χ0v) is 17.6. The molecule has 0 aliphatic carbocycles. The molecule has 0 aliphatic heterocycles. The summed E-state index contributed by atoms with van der Waals surface area (Å²) in [6.45, 7) is -1.30. The van der Waals surface area contributed by atoms with E-state index in [0.29, 0.717) is 33.8 Å². The summed E-state index contributed by atoms with van der Waals surface area (Å²) in [7, 11) is 3.00. The number of halogens is 3. The highest BCUT2D eigenvalue weighted by Crippen LogP contribution is 2.25. The van der Waals surface area contributed by atoms with Crippen LogP contribution in [0.15, 0.2) is 59.7 Å². The molecular weight excluding hydrogens is 439 g/mol. The van der Waals surface area contributed by atoms with E-state index >= 15 is 0 Å². The van der Waals surface area contributed by atoms with Gasteiger partial charge in [0.2, 0.25) is 11.8 Å². The Labute approximate surface area is 185 Å². The average Bonchev–Trinajstić information content (AvgIpc) is 2.82. The minimum absolute atomic E-state index is 0.148. The summed E-state index contributed by atoms with van der Waals surface area (Å²) in [4.78, 5) is 25.8. The number of nitrogens with one attached hydrogen (secondary N) is 1. The number of ether oxygens (including phenoxy) is 2. The van der Waals surface area contributed by atoms with E-state index in [1.807, 2.05) is 0 Å². The van der Waals surface area contributed by atoms with Crippen LogP contribution in [0.1, 0.15) is 0 Å². The third-order valence-electron chi connectivity index (χ3n) is 4.78. The molecule has 3 aromatic heterocycles. The second-order valence-corrected chi connectivity index (χ2v) is 6.93. The van der Waals surface area contributed by atoms with Gasteiger partial charge in [-0.15, -0.1) is 0 Å². The fourth-order valence-electron chi connectivity index (χ4n) is 3.20. The monoisotopic (exact) mass is 457 g/mol. The summed E-state index contributed by atoms with van der Waals surface area (Å²) < 4.78 is 49.4. The highest BCUT2D eigenvalue weighted by molar-refractivity contribution is 5.83. The molecule has 0 amide bonds. The van der Waals surface area contributed by atoms with Crippen molar-refractivity contribution < 1.29 is 22.6 Å². The molecule has 4 rings (SSSR count). The fraction of sp³-hybridized carbons (Fsp3) is 0.182. The number of alkyl halides is 3. The Kier molecular flexibility index (Phi) is 5.86. The van der Waals surface area contributed by atoms with Gasteiger partial charge < -0.3 is 14.8 Å². The first-order valence-electron chi connectivity index (χ1n) is 9.67. The predicted octanol–water partition coefficient (Wildman–Crippen LogP) is 3.83. The van der Waals surface area contributed by atoms with E-state index in [1.165, 1.54) is 31.2 Å². The summed E-state index contributed by atoms with van der Waals surface area (Å²) in [6.07, 6.45) is -1.58. The Balaban J connectivity index is 1.92. The van der Waals surface area contributed by atoms with Crippen LogP contribution in [0.4, 0.5) is 19.1 Å². The van der Waals surface area contributed by atoms with E-state index < -0.39 is 18.3 Å². The lowest BCUT2D eigenvalue weighted by Crippen LogP contribution is -2.24. The van der Waals surface area contributed by atoms with Crippen molar-refractivity contribution in [3.63, 3.8) is 0 Å². The summed E-state index contributed by atoms with van der Waals surface area (Å²) in [5.74, 6) is 0.716. The van der Waals surface area contributed by atoms with Crippen molar-refractivity contribution in [1.82, 2.24) is 19.5 Å². The van der Waals surface area contributed by atoms with Gasteiger partial charge in [0.1, 0.15) is 12.3 Å². The SMILES string of the molecule is COc1ccc(-n2c(=O)c(-c3ccc(OC)nc3)cc3cnc(NCC(F)(F)F)nc32)cc1. The smallest absolute Gasteiger partial charge is 0.405 e. The molecule has 0 saturated heterocycles. The van der Waals surface area contributed by atoms with Crippen LogP contribution in [-0.4, -0.2) is 46.5 Å². The molecule has 0 bridgehead atoms. The van der Waals surface area contributed by atoms with Gasteiger partial charge in [0.05, 0.1) is 19.9 Å². The number of hydrogen-bond acceptors (Lipinski definition) is 7. The molecule has 4 aromatic rings. The number of methoxy groups -OCH3 is 2. The van der Waals surface area contributed by atoms with E-state index in [1.54, 1.807) is 42.5 Å². The number of rotatable bonds is 6. The minimum Gasteiger partial charge on any atom is -0.497 e. The lowest BCUT2D eigenvalue weighted by Gasteiger charge is -2.14. The molecule has 170 valence electrons. The highest BCUT2D eigenvalue weighted by atomic mass is 19.4. The van der Waals surface area contributed by atoms with Crippen molar-refractivity contribution in [1.29, 1.82) is 0 Å². The average molecular weight is 457 g/mol. The number of hydrogen-bond donors (Lipinski definition) is 1. The maximum Gasteiger partial charge on any atom is 0.405 e. The third-order valence-corrected chi connectivity index (χ3v) is 4.78. The van der Waals surface area contributed by atoms with E-state index in [0.717, 1.165) is 0 Å². The van der Waals surface area contributed by atoms with Crippen molar-refractivity contribution in [2.24, 2.45) is 0 Å². The number of pyridine rings is 2. The van der Waals surface area contributed by atoms with Crippen LogP contribution in [0.3, 0.4) is 0 Å². The van der Waals surface area contributed by atoms with Crippen LogP contribution in [0, 0.1) is 0 Å². The Bertz CT molecular complexity index is 1340. The molecule has 0 aliphatic rings. The van der Waals surface area contributed by atoms with Crippen LogP contribution in [-0.2, 0) is 0 Å². The first-order chi connectivity index (χ1) is 15.8. The zero-order chi connectivity index (χ0) is 23.6. The van der Waals surface area contributed by atoms with Crippen LogP contribution in [0.2, 0.25) is 0 Å². The van der Waals surface area contributed by atoms with Crippen LogP contribution >= 0.6 is 0 Å². The molecule has 0 unspecified atom stereocenters. The molecule has 1 N–H and O–H groups in total. The van der Waals surface area contributed by atoms with Crippen LogP contribution in [0.25, 0.3) is 27.8 Å². The molecule has 3 heterocycles. The lowest BCUT2D eigenvalue weighted by molar-refractivity contribution is -0.115. The molecule has 0 fully saturated rings. The molecular formula is C22H18F3N5O3.